The zero-order valence-electron chi connectivity index (χ0n) is 13.8. The lowest BCUT2D eigenvalue weighted by Gasteiger charge is -2.43. The topological polar surface area (TPSA) is 49.9 Å². The lowest BCUT2D eigenvalue weighted by molar-refractivity contribution is -0.0694. The van der Waals surface area contributed by atoms with Gasteiger partial charge in [-0.1, -0.05) is 0 Å². The third kappa shape index (κ3) is 4.18. The highest BCUT2D eigenvalue weighted by molar-refractivity contribution is 7.89. The summed E-state index contributed by atoms with van der Waals surface area (Å²) in [6.45, 7) is 8.01. The van der Waals surface area contributed by atoms with Crippen LogP contribution >= 0.6 is 0 Å². The molecule has 0 aliphatic carbocycles. The lowest BCUT2D eigenvalue weighted by Crippen LogP contribution is -2.51. The summed E-state index contributed by atoms with van der Waals surface area (Å²) in [4.78, 5) is 2.54. The van der Waals surface area contributed by atoms with E-state index in [0.29, 0.717) is 18.2 Å². The van der Waals surface area contributed by atoms with Crippen LogP contribution < -0.4 is 0 Å². The molecule has 0 N–H and O–H groups in total. The highest BCUT2D eigenvalue weighted by Gasteiger charge is 2.34. The summed E-state index contributed by atoms with van der Waals surface area (Å²) in [5.41, 5.74) is 0. The first kappa shape index (κ1) is 17.2. The maximum Gasteiger partial charge on any atom is 0.213 e. The smallest absolute Gasteiger partial charge is 0.213 e. The maximum atomic E-state index is 12.0. The number of ether oxygens (including phenoxy) is 1. The van der Waals surface area contributed by atoms with Crippen LogP contribution in [0.4, 0.5) is 0 Å². The number of sulfonamides is 1. The van der Waals surface area contributed by atoms with Crippen molar-refractivity contribution in [3.05, 3.63) is 0 Å². The summed E-state index contributed by atoms with van der Waals surface area (Å²) in [7, 11) is -1.33. The quantitative estimate of drug-likeness (QED) is 0.791. The van der Waals surface area contributed by atoms with Crippen molar-refractivity contribution < 1.29 is 13.2 Å². The third-order valence-electron chi connectivity index (χ3n) is 5.01. The molecular formula is C15H30N2O3S. The molecule has 2 aliphatic rings. The maximum absolute atomic E-state index is 12.0. The molecule has 2 rings (SSSR count). The zero-order chi connectivity index (χ0) is 15.6. The molecule has 0 bridgehead atoms. The van der Waals surface area contributed by atoms with Gasteiger partial charge in [0.05, 0.1) is 18.0 Å². The van der Waals surface area contributed by atoms with Crippen LogP contribution in [0.1, 0.15) is 46.5 Å². The lowest BCUT2D eigenvalue weighted by atomic mass is 9.95. The van der Waals surface area contributed by atoms with Gasteiger partial charge in [0.15, 0.2) is 0 Å². The molecule has 2 aliphatic heterocycles. The van der Waals surface area contributed by atoms with Crippen molar-refractivity contribution in [1.29, 1.82) is 0 Å². The summed E-state index contributed by atoms with van der Waals surface area (Å²) in [5.74, 6) is 0.193. The van der Waals surface area contributed by atoms with Crippen molar-refractivity contribution in [3.8, 4) is 0 Å². The normalized spacial score (nSPS) is 33.5. The number of likely N-dealkylation sites (tertiary alicyclic amines) is 1. The number of hydrogen-bond acceptors (Lipinski definition) is 4. The van der Waals surface area contributed by atoms with E-state index in [9.17, 15) is 8.42 Å². The van der Waals surface area contributed by atoms with Crippen molar-refractivity contribution >= 4 is 10.0 Å². The van der Waals surface area contributed by atoms with Crippen LogP contribution in [0.15, 0.2) is 0 Å². The summed E-state index contributed by atoms with van der Waals surface area (Å²) in [6, 6.07) is 0.763. The molecule has 1 unspecified atom stereocenters. The van der Waals surface area contributed by atoms with Crippen molar-refractivity contribution in [2.24, 2.45) is 0 Å². The van der Waals surface area contributed by atoms with Gasteiger partial charge >= 0.3 is 0 Å². The molecule has 0 spiro atoms. The number of rotatable bonds is 4. The molecule has 0 radical (unpaired) electrons. The summed E-state index contributed by atoms with van der Waals surface area (Å²) in [6.07, 6.45) is 4.74. The molecule has 21 heavy (non-hydrogen) atoms. The average Bonchev–Trinajstić information content (AvgIpc) is 2.45. The van der Waals surface area contributed by atoms with E-state index >= 15 is 0 Å². The standard InChI is InChI=1S/C15H30N2O3S/c1-5-21(18,19)16(4)14-6-8-17(9-7-14)15-10-12(2)20-13(3)11-15/h12-15H,5-11H2,1-4H3/t12-,13+,15?. The molecule has 124 valence electrons. The van der Waals surface area contributed by atoms with Gasteiger partial charge in [0.1, 0.15) is 0 Å². The molecule has 2 heterocycles. The predicted molar refractivity (Wildman–Crippen MR) is 84.8 cm³/mol. The molecule has 0 saturated carbocycles. The van der Waals surface area contributed by atoms with E-state index in [1.807, 2.05) is 0 Å². The van der Waals surface area contributed by atoms with Gasteiger partial charge in [-0.05, 0) is 59.5 Å². The average molecular weight is 318 g/mol. The van der Waals surface area contributed by atoms with Gasteiger partial charge in [0.2, 0.25) is 10.0 Å². The molecule has 5 nitrogen and oxygen atoms in total. The first-order valence-electron chi connectivity index (χ1n) is 8.18. The largest absolute Gasteiger partial charge is 0.375 e. The zero-order valence-corrected chi connectivity index (χ0v) is 14.6. The Hall–Kier alpha value is -0.170. The van der Waals surface area contributed by atoms with Crippen molar-refractivity contribution in [2.75, 3.05) is 25.9 Å². The van der Waals surface area contributed by atoms with Crippen molar-refractivity contribution in [1.82, 2.24) is 9.21 Å². The number of hydrogen-bond donors (Lipinski definition) is 0. The van der Waals surface area contributed by atoms with Gasteiger partial charge in [-0.15, -0.1) is 0 Å². The first-order chi connectivity index (χ1) is 9.83. The van der Waals surface area contributed by atoms with Crippen LogP contribution in [0.3, 0.4) is 0 Å². The van der Waals surface area contributed by atoms with E-state index in [4.69, 9.17) is 4.74 Å². The molecule has 0 aromatic carbocycles. The SMILES string of the molecule is CCS(=O)(=O)N(C)C1CCN(C2C[C@@H](C)O[C@@H](C)C2)CC1. The van der Waals surface area contributed by atoms with Gasteiger partial charge in [-0.2, -0.15) is 0 Å². The monoisotopic (exact) mass is 318 g/mol. The molecule has 0 amide bonds. The fourth-order valence-corrected chi connectivity index (χ4v) is 4.79. The van der Waals surface area contributed by atoms with E-state index in [1.165, 1.54) is 0 Å². The van der Waals surface area contributed by atoms with Crippen LogP contribution in [-0.4, -0.2) is 67.8 Å². The third-order valence-corrected chi connectivity index (χ3v) is 6.91. The second-order valence-corrected chi connectivity index (χ2v) is 8.88. The van der Waals surface area contributed by atoms with Crippen LogP contribution in [0, 0.1) is 0 Å². The summed E-state index contributed by atoms with van der Waals surface area (Å²) >= 11 is 0. The number of nitrogens with zero attached hydrogens (tertiary/aromatic N) is 2. The molecular weight excluding hydrogens is 288 g/mol. The van der Waals surface area contributed by atoms with Crippen molar-refractivity contribution in [3.63, 3.8) is 0 Å². The molecule has 6 heteroatoms. The Bertz CT molecular complexity index is 422. The molecule has 2 saturated heterocycles. The predicted octanol–water partition coefficient (Wildman–Crippen LogP) is 1.69. The minimum Gasteiger partial charge on any atom is -0.375 e. The highest BCUT2D eigenvalue weighted by Crippen LogP contribution is 2.27. The van der Waals surface area contributed by atoms with E-state index in [-0.39, 0.29) is 11.8 Å². The first-order valence-corrected chi connectivity index (χ1v) is 9.79. The highest BCUT2D eigenvalue weighted by atomic mass is 32.2. The van der Waals surface area contributed by atoms with E-state index in [1.54, 1.807) is 18.3 Å². The van der Waals surface area contributed by atoms with Crippen LogP contribution in [0.25, 0.3) is 0 Å². The van der Waals surface area contributed by atoms with Gasteiger partial charge < -0.3 is 9.64 Å². The fraction of sp³-hybridized carbons (Fsp3) is 1.00. The Morgan fingerprint density at radius 2 is 1.67 bits per heavy atom. The van der Waals surface area contributed by atoms with E-state index in [2.05, 4.69) is 18.7 Å². The van der Waals surface area contributed by atoms with Crippen molar-refractivity contribution in [2.45, 2.75) is 70.7 Å². The Labute approximate surface area is 129 Å². The van der Waals surface area contributed by atoms with Crippen LogP contribution in [0.2, 0.25) is 0 Å². The molecule has 0 aromatic rings. The Balaban J connectivity index is 1.88. The molecule has 2 fully saturated rings. The Morgan fingerprint density at radius 1 is 1.14 bits per heavy atom. The minimum atomic E-state index is -3.06. The fourth-order valence-electron chi connectivity index (χ4n) is 3.71. The van der Waals surface area contributed by atoms with Crippen LogP contribution in [0.5, 0.6) is 0 Å². The Morgan fingerprint density at radius 3 is 2.14 bits per heavy atom. The molecule has 0 aromatic heterocycles. The summed E-state index contributed by atoms with van der Waals surface area (Å²) < 4.78 is 31.3. The Kier molecular flexibility index (Phi) is 5.68. The van der Waals surface area contributed by atoms with Gasteiger partial charge in [0.25, 0.3) is 0 Å². The van der Waals surface area contributed by atoms with Gasteiger partial charge in [0, 0.05) is 19.1 Å². The molecule has 3 atom stereocenters. The van der Waals surface area contributed by atoms with Gasteiger partial charge in [-0.3, -0.25) is 0 Å². The van der Waals surface area contributed by atoms with Crippen LogP contribution in [-0.2, 0) is 14.8 Å². The van der Waals surface area contributed by atoms with E-state index < -0.39 is 10.0 Å². The summed E-state index contributed by atoms with van der Waals surface area (Å²) in [5, 5.41) is 0. The second-order valence-electron chi connectivity index (χ2n) is 6.57. The minimum absolute atomic E-state index is 0.167. The second kappa shape index (κ2) is 6.94. The van der Waals surface area contributed by atoms with E-state index in [0.717, 1.165) is 38.8 Å². The van der Waals surface area contributed by atoms with Gasteiger partial charge in [-0.25, -0.2) is 12.7 Å². The number of piperidine rings is 1.